The van der Waals surface area contributed by atoms with Crippen molar-refractivity contribution in [2.24, 2.45) is 0 Å². The van der Waals surface area contributed by atoms with Crippen molar-refractivity contribution in [2.45, 2.75) is 57.5 Å². The molecule has 12 heteroatoms. The van der Waals surface area contributed by atoms with Crippen molar-refractivity contribution in [3.8, 4) is 17.3 Å². The molecule has 0 atom stereocenters. The van der Waals surface area contributed by atoms with E-state index in [1.807, 2.05) is 34.6 Å². The predicted molar refractivity (Wildman–Crippen MR) is 130 cm³/mol. The minimum Gasteiger partial charge on any atom is -0.496 e. The average molecular weight is 500 g/mol. The third kappa shape index (κ3) is 4.63. The van der Waals surface area contributed by atoms with Gasteiger partial charge in [0.05, 0.1) is 23.6 Å². The quantitative estimate of drug-likeness (QED) is 0.567. The van der Waals surface area contributed by atoms with Crippen LogP contribution in [0.15, 0.2) is 35.2 Å². The molecule has 3 aromatic rings. The van der Waals surface area contributed by atoms with Crippen LogP contribution in [0, 0.1) is 0 Å². The number of fused-ring (bicyclic) bond motifs is 1. The van der Waals surface area contributed by atoms with Gasteiger partial charge in [-0.05, 0) is 81.3 Å². The molecule has 1 aliphatic rings. The van der Waals surface area contributed by atoms with Crippen molar-refractivity contribution >= 4 is 21.7 Å². The maximum atomic E-state index is 13.4. The number of tetrazole rings is 1. The van der Waals surface area contributed by atoms with Crippen molar-refractivity contribution in [2.75, 3.05) is 19.0 Å². The van der Waals surface area contributed by atoms with Gasteiger partial charge in [0, 0.05) is 12.1 Å². The lowest BCUT2D eigenvalue weighted by Gasteiger charge is -2.38. The summed E-state index contributed by atoms with van der Waals surface area (Å²) in [6, 6.07) is 8.14. The molecule has 1 N–H and O–H groups in total. The van der Waals surface area contributed by atoms with E-state index < -0.39 is 21.5 Å². The van der Waals surface area contributed by atoms with Crippen molar-refractivity contribution in [3.05, 3.63) is 41.5 Å². The van der Waals surface area contributed by atoms with Gasteiger partial charge in [-0.25, -0.2) is 18.1 Å². The maximum Gasteiger partial charge on any atom is 0.260 e. The summed E-state index contributed by atoms with van der Waals surface area (Å²) in [7, 11) is -2.34. The van der Waals surface area contributed by atoms with E-state index in [1.165, 1.54) is 17.5 Å². The van der Waals surface area contributed by atoms with Gasteiger partial charge >= 0.3 is 0 Å². The molecule has 0 saturated heterocycles. The second-order valence-electron chi connectivity index (χ2n) is 9.56. The molecule has 0 unspecified atom stereocenters. The van der Waals surface area contributed by atoms with E-state index in [1.54, 1.807) is 28.9 Å². The highest BCUT2D eigenvalue weighted by molar-refractivity contribution is 7.89. The predicted octanol–water partition coefficient (Wildman–Crippen LogP) is 2.92. The normalized spacial score (nSPS) is 15.6. The van der Waals surface area contributed by atoms with Crippen LogP contribution in [0.3, 0.4) is 0 Å². The zero-order chi connectivity index (χ0) is 25.5. The van der Waals surface area contributed by atoms with E-state index >= 15 is 0 Å². The Morgan fingerprint density at radius 2 is 1.94 bits per heavy atom. The largest absolute Gasteiger partial charge is 0.496 e. The van der Waals surface area contributed by atoms with Crippen LogP contribution >= 0.6 is 0 Å². The van der Waals surface area contributed by atoms with E-state index in [2.05, 4.69) is 25.8 Å². The summed E-state index contributed by atoms with van der Waals surface area (Å²) >= 11 is 0. The molecule has 0 bridgehead atoms. The number of benzene rings is 1. The first-order valence-corrected chi connectivity index (χ1v) is 12.7. The van der Waals surface area contributed by atoms with Crippen LogP contribution in [0.5, 0.6) is 5.75 Å². The number of aromatic nitrogens is 5. The molecule has 1 amide bonds. The second kappa shape index (κ2) is 9.00. The van der Waals surface area contributed by atoms with Crippen LogP contribution in [0.1, 0.15) is 56.6 Å². The number of amides is 1. The Hall–Kier alpha value is -3.38. The van der Waals surface area contributed by atoms with Gasteiger partial charge in [-0.15, -0.1) is 5.10 Å². The number of nitrogens with zero attached hydrogens (tertiary/aromatic N) is 6. The summed E-state index contributed by atoms with van der Waals surface area (Å²) in [5.74, 6) is 0.488. The molecular formula is C23H29N7O4S. The van der Waals surface area contributed by atoms with Gasteiger partial charge in [-0.3, -0.25) is 4.79 Å². The fourth-order valence-corrected chi connectivity index (χ4v) is 6.11. The molecule has 35 heavy (non-hydrogen) atoms. The van der Waals surface area contributed by atoms with Crippen LogP contribution in [-0.4, -0.2) is 63.0 Å². The van der Waals surface area contributed by atoms with Gasteiger partial charge in [0.1, 0.15) is 17.3 Å². The number of rotatable bonds is 5. The zero-order valence-corrected chi connectivity index (χ0v) is 21.4. The Kier molecular flexibility index (Phi) is 6.36. The SMILES string of the molecule is COc1cc2c(cc1C(=O)Nc1cccc(-c3nnnn3C(C)C)n1)S(=O)(=O)N(C(C)(C)C)CC2. The van der Waals surface area contributed by atoms with Crippen LogP contribution in [-0.2, 0) is 16.4 Å². The van der Waals surface area contributed by atoms with Gasteiger partial charge in [-0.1, -0.05) is 6.07 Å². The summed E-state index contributed by atoms with van der Waals surface area (Å²) < 4.78 is 35.3. The summed E-state index contributed by atoms with van der Waals surface area (Å²) in [6.45, 7) is 9.80. The molecule has 186 valence electrons. The Labute approximate surface area is 204 Å². The Morgan fingerprint density at radius 1 is 1.20 bits per heavy atom. The van der Waals surface area contributed by atoms with Crippen molar-refractivity contribution in [1.29, 1.82) is 0 Å². The molecular weight excluding hydrogens is 470 g/mol. The summed E-state index contributed by atoms with van der Waals surface area (Å²) in [5.41, 5.74) is 0.626. The van der Waals surface area contributed by atoms with Gasteiger partial charge in [0.15, 0.2) is 0 Å². The number of nitrogens with one attached hydrogen (secondary N) is 1. The van der Waals surface area contributed by atoms with Crippen molar-refractivity contribution < 1.29 is 17.9 Å². The Balaban J connectivity index is 1.69. The molecule has 11 nitrogen and oxygen atoms in total. The van der Waals surface area contributed by atoms with Gasteiger partial charge < -0.3 is 10.1 Å². The minimum absolute atomic E-state index is 0.0226. The van der Waals surface area contributed by atoms with Crippen LogP contribution in [0.4, 0.5) is 5.82 Å². The Morgan fingerprint density at radius 3 is 2.60 bits per heavy atom. The molecule has 3 heterocycles. The third-order valence-corrected chi connectivity index (χ3v) is 7.98. The lowest BCUT2D eigenvalue weighted by molar-refractivity contribution is 0.102. The third-order valence-electron chi connectivity index (χ3n) is 5.73. The molecule has 4 rings (SSSR count). The molecule has 1 aromatic carbocycles. The highest BCUT2D eigenvalue weighted by Gasteiger charge is 2.39. The molecule has 0 saturated carbocycles. The number of carbonyl (C=O) groups is 1. The number of methoxy groups -OCH3 is 1. The molecule has 2 aromatic heterocycles. The van der Waals surface area contributed by atoms with E-state index in [4.69, 9.17) is 4.74 Å². The standard InChI is InChI=1S/C23H29N7O4S/c1-14(2)30-21(26-27-28-30)17-8-7-9-20(24-17)25-22(31)16-13-19-15(12-18(16)34-6)10-11-29(23(3,4)5)35(19,32)33/h7-9,12-14H,10-11H2,1-6H3,(H,24,25,31). The van der Waals surface area contributed by atoms with Gasteiger partial charge in [-0.2, -0.15) is 4.31 Å². The zero-order valence-electron chi connectivity index (χ0n) is 20.6. The number of sulfonamides is 1. The Bertz CT molecular complexity index is 1380. The summed E-state index contributed by atoms with van der Waals surface area (Å²) in [4.78, 5) is 17.8. The number of hydrogen-bond donors (Lipinski definition) is 1. The highest BCUT2D eigenvalue weighted by atomic mass is 32.2. The molecule has 0 spiro atoms. The van der Waals surface area contributed by atoms with E-state index in [-0.39, 0.29) is 22.3 Å². The van der Waals surface area contributed by atoms with E-state index in [9.17, 15) is 13.2 Å². The summed E-state index contributed by atoms with van der Waals surface area (Å²) in [6.07, 6.45) is 0.526. The first kappa shape index (κ1) is 24.7. The number of carbonyl (C=O) groups excluding carboxylic acids is 1. The number of anilines is 1. The van der Waals surface area contributed by atoms with Crippen molar-refractivity contribution in [3.63, 3.8) is 0 Å². The molecule has 0 radical (unpaired) electrons. The van der Waals surface area contributed by atoms with Gasteiger partial charge in [0.2, 0.25) is 15.8 Å². The fraction of sp³-hybridized carbons (Fsp3) is 0.435. The molecule has 1 aliphatic heterocycles. The lowest BCUT2D eigenvalue weighted by Crippen LogP contribution is -2.48. The lowest BCUT2D eigenvalue weighted by atomic mass is 10.0. The average Bonchev–Trinajstić information content (AvgIpc) is 3.28. The first-order chi connectivity index (χ1) is 16.4. The maximum absolute atomic E-state index is 13.4. The second-order valence-corrected chi connectivity index (χ2v) is 11.4. The smallest absolute Gasteiger partial charge is 0.260 e. The topological polar surface area (TPSA) is 132 Å². The van der Waals surface area contributed by atoms with Crippen LogP contribution in [0.25, 0.3) is 11.5 Å². The van der Waals surface area contributed by atoms with Gasteiger partial charge in [0.25, 0.3) is 5.91 Å². The molecule has 0 aliphatic carbocycles. The minimum atomic E-state index is -3.79. The number of pyridine rings is 1. The van der Waals surface area contributed by atoms with Crippen LogP contribution < -0.4 is 10.1 Å². The van der Waals surface area contributed by atoms with E-state index in [0.29, 0.717) is 35.8 Å². The fourth-order valence-electron chi connectivity index (χ4n) is 4.06. The first-order valence-electron chi connectivity index (χ1n) is 11.2. The van der Waals surface area contributed by atoms with Crippen LogP contribution in [0.2, 0.25) is 0 Å². The van der Waals surface area contributed by atoms with E-state index in [0.717, 1.165) is 0 Å². The highest BCUT2D eigenvalue weighted by Crippen LogP contribution is 2.36. The monoisotopic (exact) mass is 499 g/mol. The number of hydrogen-bond acceptors (Lipinski definition) is 8. The summed E-state index contributed by atoms with van der Waals surface area (Å²) in [5, 5.41) is 14.5. The number of ether oxygens (including phenoxy) is 1. The van der Waals surface area contributed by atoms with Crippen molar-refractivity contribution in [1.82, 2.24) is 29.5 Å². The molecule has 0 fully saturated rings.